The Morgan fingerprint density at radius 2 is 1.81 bits per heavy atom. The van der Waals surface area contributed by atoms with Crippen LogP contribution in [0.3, 0.4) is 0 Å². The van der Waals surface area contributed by atoms with Gasteiger partial charge in [-0.25, -0.2) is 4.68 Å². The van der Waals surface area contributed by atoms with Crippen molar-refractivity contribution in [2.45, 2.75) is 13.8 Å². The van der Waals surface area contributed by atoms with Crippen molar-refractivity contribution in [2.75, 3.05) is 24.3 Å². The molecule has 0 radical (unpaired) electrons. The zero-order chi connectivity index (χ0) is 18.8. The van der Waals surface area contributed by atoms with Crippen LogP contribution < -0.4 is 10.2 Å². The van der Waals surface area contributed by atoms with E-state index in [4.69, 9.17) is 11.6 Å². The van der Waals surface area contributed by atoms with E-state index >= 15 is 0 Å². The largest absolute Gasteiger partial charge is 0.376 e. The Kier molecular flexibility index (Phi) is 5.00. The van der Waals surface area contributed by atoms with Crippen LogP contribution in [0.25, 0.3) is 5.69 Å². The third-order valence-electron chi connectivity index (χ3n) is 4.21. The van der Waals surface area contributed by atoms with Crippen LogP contribution in [-0.4, -0.2) is 29.8 Å². The van der Waals surface area contributed by atoms with Crippen molar-refractivity contribution < 1.29 is 4.79 Å². The van der Waals surface area contributed by atoms with E-state index in [0.29, 0.717) is 22.0 Å². The zero-order valence-electron chi connectivity index (χ0n) is 15.2. The lowest BCUT2D eigenvalue weighted by atomic mass is 10.1. The van der Waals surface area contributed by atoms with Gasteiger partial charge in [0, 0.05) is 19.8 Å². The molecule has 1 N–H and O–H groups in total. The molecule has 0 aliphatic rings. The molecular formula is C20H21ClN4O. The molecule has 0 saturated heterocycles. The predicted octanol–water partition coefficient (Wildman–Crippen LogP) is 4.46. The molecule has 2 aromatic carbocycles. The average Bonchev–Trinajstić information content (AvgIpc) is 2.90. The standard InChI is InChI=1S/C20H21ClN4O/c1-13-19(14(2)25(23-13)16-8-6-5-7-9-16)20(26)22-15-10-11-18(24(3)4)17(21)12-15/h5-12H,1-4H3,(H,22,26). The van der Waals surface area contributed by atoms with Gasteiger partial charge in [0.05, 0.1) is 33.3 Å². The van der Waals surface area contributed by atoms with Crippen LogP contribution >= 0.6 is 11.6 Å². The molecule has 134 valence electrons. The summed E-state index contributed by atoms with van der Waals surface area (Å²) in [5, 5.41) is 8.02. The molecule has 0 aliphatic carbocycles. The second-order valence-electron chi connectivity index (χ2n) is 6.31. The molecule has 3 aromatic rings. The maximum absolute atomic E-state index is 12.8. The number of carbonyl (C=O) groups is 1. The number of halogens is 1. The number of hydrogen-bond donors (Lipinski definition) is 1. The number of anilines is 2. The highest BCUT2D eigenvalue weighted by Crippen LogP contribution is 2.28. The number of aryl methyl sites for hydroxylation is 1. The number of rotatable bonds is 4. The van der Waals surface area contributed by atoms with Gasteiger partial charge in [0.25, 0.3) is 5.91 Å². The molecule has 1 amide bonds. The minimum Gasteiger partial charge on any atom is -0.376 e. The summed E-state index contributed by atoms with van der Waals surface area (Å²) in [6.07, 6.45) is 0. The summed E-state index contributed by atoms with van der Waals surface area (Å²) in [5.41, 5.74) is 4.51. The van der Waals surface area contributed by atoms with Crippen molar-refractivity contribution in [3.8, 4) is 5.69 Å². The van der Waals surface area contributed by atoms with E-state index in [9.17, 15) is 4.79 Å². The molecule has 3 rings (SSSR count). The topological polar surface area (TPSA) is 50.2 Å². The number of nitrogens with zero attached hydrogens (tertiary/aromatic N) is 3. The number of para-hydroxylation sites is 1. The molecule has 0 fully saturated rings. The Labute approximate surface area is 158 Å². The maximum Gasteiger partial charge on any atom is 0.259 e. The van der Waals surface area contributed by atoms with Gasteiger partial charge in [0.2, 0.25) is 0 Å². The Morgan fingerprint density at radius 3 is 2.42 bits per heavy atom. The summed E-state index contributed by atoms with van der Waals surface area (Å²) in [4.78, 5) is 14.7. The van der Waals surface area contributed by atoms with Crippen LogP contribution in [0, 0.1) is 13.8 Å². The quantitative estimate of drug-likeness (QED) is 0.739. The van der Waals surface area contributed by atoms with E-state index in [1.165, 1.54) is 0 Å². The number of nitrogens with one attached hydrogen (secondary N) is 1. The number of hydrogen-bond acceptors (Lipinski definition) is 3. The normalized spacial score (nSPS) is 10.7. The SMILES string of the molecule is Cc1nn(-c2ccccc2)c(C)c1C(=O)Nc1ccc(N(C)C)c(Cl)c1. The maximum atomic E-state index is 12.8. The van der Waals surface area contributed by atoms with E-state index in [0.717, 1.165) is 17.1 Å². The fraction of sp³-hybridized carbons (Fsp3) is 0.200. The van der Waals surface area contributed by atoms with E-state index in [-0.39, 0.29) is 5.91 Å². The fourth-order valence-electron chi connectivity index (χ4n) is 2.93. The molecule has 0 unspecified atom stereocenters. The first-order valence-corrected chi connectivity index (χ1v) is 8.66. The summed E-state index contributed by atoms with van der Waals surface area (Å²) in [5.74, 6) is -0.198. The molecule has 0 bridgehead atoms. The van der Waals surface area contributed by atoms with Gasteiger partial charge in [-0.05, 0) is 44.2 Å². The Hall–Kier alpha value is -2.79. The van der Waals surface area contributed by atoms with Crippen molar-refractivity contribution in [1.82, 2.24) is 9.78 Å². The van der Waals surface area contributed by atoms with Crippen molar-refractivity contribution in [2.24, 2.45) is 0 Å². The molecule has 6 heteroatoms. The first-order chi connectivity index (χ1) is 12.4. The fourth-order valence-corrected chi connectivity index (χ4v) is 3.28. The van der Waals surface area contributed by atoms with Crippen LogP contribution in [0.5, 0.6) is 0 Å². The second-order valence-corrected chi connectivity index (χ2v) is 6.72. The average molecular weight is 369 g/mol. The van der Waals surface area contributed by atoms with Gasteiger partial charge < -0.3 is 10.2 Å². The van der Waals surface area contributed by atoms with Crippen LogP contribution in [-0.2, 0) is 0 Å². The van der Waals surface area contributed by atoms with Gasteiger partial charge in [-0.1, -0.05) is 29.8 Å². The molecule has 1 heterocycles. The van der Waals surface area contributed by atoms with Crippen molar-refractivity contribution in [1.29, 1.82) is 0 Å². The van der Waals surface area contributed by atoms with E-state index in [2.05, 4.69) is 10.4 Å². The van der Waals surface area contributed by atoms with Crippen LogP contribution in [0.4, 0.5) is 11.4 Å². The molecule has 0 atom stereocenters. The van der Waals surface area contributed by atoms with Crippen molar-refractivity contribution in [3.05, 3.63) is 70.5 Å². The third-order valence-corrected chi connectivity index (χ3v) is 4.51. The highest BCUT2D eigenvalue weighted by Gasteiger charge is 2.19. The van der Waals surface area contributed by atoms with E-state index < -0.39 is 0 Å². The smallest absolute Gasteiger partial charge is 0.259 e. The molecule has 0 spiro atoms. The first kappa shape index (κ1) is 18.0. The third kappa shape index (κ3) is 3.44. The van der Waals surface area contributed by atoms with Gasteiger partial charge in [-0.15, -0.1) is 0 Å². The lowest BCUT2D eigenvalue weighted by molar-refractivity contribution is 0.102. The summed E-state index contributed by atoms with van der Waals surface area (Å²) in [6.45, 7) is 3.73. The summed E-state index contributed by atoms with van der Waals surface area (Å²) >= 11 is 6.29. The van der Waals surface area contributed by atoms with E-state index in [1.807, 2.05) is 75.3 Å². The Balaban J connectivity index is 1.89. The van der Waals surface area contributed by atoms with Crippen molar-refractivity contribution in [3.63, 3.8) is 0 Å². The number of benzene rings is 2. The molecule has 26 heavy (non-hydrogen) atoms. The van der Waals surface area contributed by atoms with E-state index in [1.54, 1.807) is 10.7 Å². The lowest BCUT2D eigenvalue weighted by Crippen LogP contribution is -2.15. The molecule has 1 aromatic heterocycles. The van der Waals surface area contributed by atoms with Gasteiger partial charge in [0.1, 0.15) is 0 Å². The van der Waals surface area contributed by atoms with Gasteiger partial charge >= 0.3 is 0 Å². The minimum absolute atomic E-state index is 0.198. The van der Waals surface area contributed by atoms with Gasteiger partial charge in [0.15, 0.2) is 0 Å². The van der Waals surface area contributed by atoms with Crippen LogP contribution in [0.15, 0.2) is 48.5 Å². The molecule has 0 saturated carbocycles. The summed E-state index contributed by atoms with van der Waals surface area (Å²) in [7, 11) is 3.84. The number of carbonyl (C=O) groups excluding carboxylic acids is 1. The monoisotopic (exact) mass is 368 g/mol. The van der Waals surface area contributed by atoms with Crippen molar-refractivity contribution >= 4 is 28.9 Å². The summed E-state index contributed by atoms with van der Waals surface area (Å²) in [6, 6.07) is 15.2. The first-order valence-electron chi connectivity index (χ1n) is 8.28. The van der Waals surface area contributed by atoms with Crippen LogP contribution in [0.1, 0.15) is 21.7 Å². The Bertz CT molecular complexity index is 948. The lowest BCUT2D eigenvalue weighted by Gasteiger charge is -2.15. The van der Waals surface area contributed by atoms with Gasteiger partial charge in [-0.3, -0.25) is 4.79 Å². The number of amides is 1. The predicted molar refractivity (Wildman–Crippen MR) is 107 cm³/mol. The molecule has 5 nitrogen and oxygen atoms in total. The zero-order valence-corrected chi connectivity index (χ0v) is 16.0. The second kappa shape index (κ2) is 7.22. The highest BCUT2D eigenvalue weighted by molar-refractivity contribution is 6.33. The van der Waals surface area contributed by atoms with Gasteiger partial charge in [-0.2, -0.15) is 5.10 Å². The molecule has 0 aliphatic heterocycles. The number of aromatic nitrogens is 2. The summed E-state index contributed by atoms with van der Waals surface area (Å²) < 4.78 is 1.78. The Morgan fingerprint density at radius 1 is 1.12 bits per heavy atom. The minimum atomic E-state index is -0.198. The highest BCUT2D eigenvalue weighted by atomic mass is 35.5. The molecular weight excluding hydrogens is 348 g/mol. The van der Waals surface area contributed by atoms with Crippen LogP contribution in [0.2, 0.25) is 5.02 Å².